The molecule has 0 aliphatic carbocycles. The second-order valence-corrected chi connectivity index (χ2v) is 4.12. The molecule has 0 atom stereocenters. The largest absolute Gasteiger partial charge is 0.367 e. The van der Waals surface area contributed by atoms with Crippen LogP contribution < -0.4 is 5.56 Å². The van der Waals surface area contributed by atoms with Gasteiger partial charge in [-0.05, 0) is 19.8 Å². The van der Waals surface area contributed by atoms with Crippen molar-refractivity contribution in [3.05, 3.63) is 27.9 Å². The first-order chi connectivity index (χ1) is 8.11. The molecule has 4 nitrogen and oxygen atoms in total. The predicted molar refractivity (Wildman–Crippen MR) is 68.3 cm³/mol. The first-order valence-electron chi connectivity index (χ1n) is 5.92. The Morgan fingerprint density at radius 3 is 2.53 bits per heavy atom. The van der Waals surface area contributed by atoms with Gasteiger partial charge in [0.05, 0.1) is 11.6 Å². The van der Waals surface area contributed by atoms with Crippen LogP contribution in [0.25, 0.3) is 0 Å². The SMILES string of the molecule is CCOC(CC)(CC)c1nc(CCl)cc(=O)[nH]1. The topological polar surface area (TPSA) is 55.0 Å². The Labute approximate surface area is 106 Å². The molecular formula is C12H19ClN2O2. The average Bonchev–Trinajstić information content (AvgIpc) is 2.35. The Balaban J connectivity index is 3.26. The van der Waals surface area contributed by atoms with Crippen LogP contribution in [0, 0.1) is 0 Å². The lowest BCUT2D eigenvalue weighted by molar-refractivity contribution is -0.0574. The predicted octanol–water partition coefficient (Wildman–Crippen LogP) is 2.56. The van der Waals surface area contributed by atoms with E-state index in [1.54, 1.807) is 0 Å². The van der Waals surface area contributed by atoms with Gasteiger partial charge in [-0.3, -0.25) is 4.79 Å². The van der Waals surface area contributed by atoms with Crippen LogP contribution in [0.3, 0.4) is 0 Å². The second kappa shape index (κ2) is 6.17. The summed E-state index contributed by atoms with van der Waals surface area (Å²) in [7, 11) is 0. The zero-order valence-electron chi connectivity index (χ0n) is 10.5. The third-order valence-corrected chi connectivity index (χ3v) is 3.20. The lowest BCUT2D eigenvalue weighted by Gasteiger charge is -2.30. The number of halogens is 1. The highest BCUT2D eigenvalue weighted by molar-refractivity contribution is 6.16. The number of aromatic amines is 1. The number of rotatable bonds is 6. The zero-order chi connectivity index (χ0) is 12.9. The standard InChI is InChI=1S/C12H19ClN2O2/c1-4-12(5-2,17-6-3)11-14-9(8-13)7-10(16)15-11/h7H,4-6,8H2,1-3H3,(H,14,15,16). The molecule has 17 heavy (non-hydrogen) atoms. The molecule has 1 rings (SSSR count). The molecule has 0 fully saturated rings. The van der Waals surface area contributed by atoms with Gasteiger partial charge in [-0.15, -0.1) is 11.6 Å². The number of H-pyrrole nitrogens is 1. The van der Waals surface area contributed by atoms with E-state index in [0.717, 1.165) is 12.8 Å². The highest BCUT2D eigenvalue weighted by Gasteiger charge is 2.31. The highest BCUT2D eigenvalue weighted by Crippen LogP contribution is 2.30. The number of nitrogens with zero attached hydrogens (tertiary/aromatic N) is 1. The van der Waals surface area contributed by atoms with Crippen molar-refractivity contribution in [1.29, 1.82) is 0 Å². The zero-order valence-corrected chi connectivity index (χ0v) is 11.3. The van der Waals surface area contributed by atoms with Crippen molar-refractivity contribution in [2.45, 2.75) is 45.1 Å². The summed E-state index contributed by atoms with van der Waals surface area (Å²) in [5.41, 5.74) is -0.122. The summed E-state index contributed by atoms with van der Waals surface area (Å²) in [5.74, 6) is 0.805. The monoisotopic (exact) mass is 258 g/mol. The number of alkyl halides is 1. The smallest absolute Gasteiger partial charge is 0.251 e. The molecule has 0 saturated carbocycles. The lowest BCUT2D eigenvalue weighted by atomic mass is 9.96. The summed E-state index contributed by atoms with van der Waals surface area (Å²) in [4.78, 5) is 18.7. The summed E-state index contributed by atoms with van der Waals surface area (Å²) < 4.78 is 5.79. The van der Waals surface area contributed by atoms with E-state index in [-0.39, 0.29) is 11.4 Å². The van der Waals surface area contributed by atoms with Gasteiger partial charge in [-0.1, -0.05) is 13.8 Å². The van der Waals surface area contributed by atoms with Gasteiger partial charge in [-0.25, -0.2) is 4.98 Å². The molecule has 0 unspecified atom stereocenters. The quantitative estimate of drug-likeness (QED) is 0.798. The molecule has 1 N–H and O–H groups in total. The van der Waals surface area contributed by atoms with E-state index in [0.29, 0.717) is 18.1 Å². The summed E-state index contributed by atoms with van der Waals surface area (Å²) >= 11 is 5.73. The molecule has 0 aliphatic heterocycles. The van der Waals surface area contributed by atoms with Crippen molar-refractivity contribution in [3.63, 3.8) is 0 Å². The molecule has 0 radical (unpaired) electrons. The molecule has 0 aliphatic rings. The molecule has 0 amide bonds. The second-order valence-electron chi connectivity index (χ2n) is 3.85. The summed E-state index contributed by atoms with van der Waals surface area (Å²) in [6, 6.07) is 1.42. The van der Waals surface area contributed by atoms with Gasteiger partial charge in [-0.2, -0.15) is 0 Å². The van der Waals surface area contributed by atoms with Crippen molar-refractivity contribution < 1.29 is 4.74 Å². The van der Waals surface area contributed by atoms with Gasteiger partial charge >= 0.3 is 0 Å². The van der Waals surface area contributed by atoms with Crippen molar-refractivity contribution in [3.8, 4) is 0 Å². The fourth-order valence-electron chi connectivity index (χ4n) is 1.93. The van der Waals surface area contributed by atoms with Crippen LogP contribution in [-0.2, 0) is 16.2 Å². The molecule has 1 aromatic heterocycles. The minimum Gasteiger partial charge on any atom is -0.367 e. The Morgan fingerprint density at radius 2 is 2.06 bits per heavy atom. The molecule has 0 aromatic carbocycles. The van der Waals surface area contributed by atoms with Gasteiger partial charge < -0.3 is 9.72 Å². The third kappa shape index (κ3) is 3.07. The van der Waals surface area contributed by atoms with E-state index in [9.17, 15) is 4.79 Å². The lowest BCUT2D eigenvalue weighted by Crippen LogP contribution is -2.33. The van der Waals surface area contributed by atoms with Crippen molar-refractivity contribution in [1.82, 2.24) is 9.97 Å². The molecule has 1 heterocycles. The van der Waals surface area contributed by atoms with E-state index in [2.05, 4.69) is 9.97 Å². The number of hydrogen-bond donors (Lipinski definition) is 1. The number of nitrogens with one attached hydrogen (secondary N) is 1. The fourth-order valence-corrected chi connectivity index (χ4v) is 2.06. The van der Waals surface area contributed by atoms with Crippen LogP contribution in [0.2, 0.25) is 0 Å². The molecular weight excluding hydrogens is 240 g/mol. The first-order valence-corrected chi connectivity index (χ1v) is 6.46. The first kappa shape index (κ1) is 14.2. The van der Waals surface area contributed by atoms with E-state index < -0.39 is 5.60 Å². The normalized spacial score (nSPS) is 11.8. The van der Waals surface area contributed by atoms with E-state index in [4.69, 9.17) is 16.3 Å². The van der Waals surface area contributed by atoms with E-state index in [1.807, 2.05) is 20.8 Å². The van der Waals surface area contributed by atoms with Gasteiger partial charge in [0.2, 0.25) is 0 Å². The minimum atomic E-state index is -0.518. The Bertz CT molecular complexity index is 413. The number of hydrogen-bond acceptors (Lipinski definition) is 3. The average molecular weight is 259 g/mol. The van der Waals surface area contributed by atoms with Crippen LogP contribution in [-0.4, -0.2) is 16.6 Å². The minimum absolute atomic E-state index is 0.184. The van der Waals surface area contributed by atoms with E-state index >= 15 is 0 Å². The summed E-state index contributed by atoms with van der Waals surface area (Å²) in [5, 5.41) is 0. The van der Waals surface area contributed by atoms with Crippen molar-refractivity contribution in [2.24, 2.45) is 0 Å². The van der Waals surface area contributed by atoms with Gasteiger partial charge in [0.1, 0.15) is 11.4 Å². The van der Waals surface area contributed by atoms with Crippen LogP contribution in [0.4, 0.5) is 0 Å². The van der Waals surface area contributed by atoms with Crippen LogP contribution in [0.5, 0.6) is 0 Å². The van der Waals surface area contributed by atoms with Gasteiger partial charge in [0.25, 0.3) is 5.56 Å². The maximum atomic E-state index is 11.5. The third-order valence-electron chi connectivity index (χ3n) is 2.93. The number of ether oxygens (including phenoxy) is 1. The van der Waals surface area contributed by atoms with Crippen LogP contribution >= 0.6 is 11.6 Å². The summed E-state index contributed by atoms with van der Waals surface area (Å²) in [6.07, 6.45) is 1.51. The fraction of sp³-hybridized carbons (Fsp3) is 0.667. The van der Waals surface area contributed by atoms with Crippen LogP contribution in [0.15, 0.2) is 10.9 Å². The molecule has 0 bridgehead atoms. The maximum absolute atomic E-state index is 11.5. The van der Waals surface area contributed by atoms with Gasteiger partial charge in [0.15, 0.2) is 0 Å². The molecule has 5 heteroatoms. The molecule has 96 valence electrons. The summed E-state index contributed by atoms with van der Waals surface area (Å²) in [6.45, 7) is 6.55. The van der Waals surface area contributed by atoms with Gasteiger partial charge in [0, 0.05) is 12.7 Å². The van der Waals surface area contributed by atoms with Crippen LogP contribution in [0.1, 0.15) is 45.1 Å². The molecule has 0 saturated heterocycles. The Kier molecular flexibility index (Phi) is 5.15. The number of aromatic nitrogens is 2. The Morgan fingerprint density at radius 1 is 1.41 bits per heavy atom. The van der Waals surface area contributed by atoms with Crippen molar-refractivity contribution in [2.75, 3.05) is 6.61 Å². The maximum Gasteiger partial charge on any atom is 0.251 e. The molecule has 0 spiro atoms. The Hall–Kier alpha value is -0.870. The highest BCUT2D eigenvalue weighted by atomic mass is 35.5. The molecule has 1 aromatic rings. The van der Waals surface area contributed by atoms with E-state index in [1.165, 1.54) is 6.07 Å². The van der Waals surface area contributed by atoms with Crippen molar-refractivity contribution >= 4 is 11.6 Å².